The predicted octanol–water partition coefficient (Wildman–Crippen LogP) is 1.74. The Morgan fingerprint density at radius 3 is 2.52 bits per heavy atom. The van der Waals surface area contributed by atoms with Gasteiger partial charge in [0.25, 0.3) is 0 Å². The van der Waals surface area contributed by atoms with Crippen LogP contribution in [0.1, 0.15) is 11.1 Å². The molecule has 0 spiro atoms. The van der Waals surface area contributed by atoms with E-state index in [1.165, 1.54) is 11.0 Å². The van der Waals surface area contributed by atoms with Crippen LogP contribution in [-0.2, 0) is 27.7 Å². The van der Waals surface area contributed by atoms with E-state index < -0.39 is 10.0 Å². The maximum absolute atomic E-state index is 12.6. The number of benzene rings is 2. The van der Waals surface area contributed by atoms with E-state index in [2.05, 4.69) is 4.72 Å². The summed E-state index contributed by atoms with van der Waals surface area (Å²) in [5.41, 5.74) is 2.41. The molecule has 0 bridgehead atoms. The number of anilines is 1. The molecule has 0 saturated heterocycles. The molecule has 3 rings (SSSR count). The Labute approximate surface area is 158 Å². The Morgan fingerprint density at radius 1 is 1.07 bits per heavy atom. The summed E-state index contributed by atoms with van der Waals surface area (Å²) >= 11 is 0. The Balaban J connectivity index is 1.68. The second kappa shape index (κ2) is 7.58. The highest BCUT2D eigenvalue weighted by molar-refractivity contribution is 7.89. The number of rotatable bonds is 7. The highest BCUT2D eigenvalue weighted by Gasteiger charge is 2.26. The van der Waals surface area contributed by atoms with Crippen LogP contribution in [0.15, 0.2) is 41.3 Å². The van der Waals surface area contributed by atoms with Crippen LogP contribution in [0.25, 0.3) is 0 Å². The van der Waals surface area contributed by atoms with Gasteiger partial charge in [0.05, 0.1) is 25.5 Å². The molecule has 0 unspecified atom stereocenters. The lowest BCUT2D eigenvalue weighted by Crippen LogP contribution is -2.26. The van der Waals surface area contributed by atoms with E-state index in [1.807, 2.05) is 12.1 Å². The van der Waals surface area contributed by atoms with Crippen molar-refractivity contribution in [3.05, 3.63) is 47.5 Å². The lowest BCUT2D eigenvalue weighted by atomic mass is 10.1. The third-order valence-electron chi connectivity index (χ3n) is 4.59. The summed E-state index contributed by atoms with van der Waals surface area (Å²) in [5.74, 6) is 1.19. The lowest BCUT2D eigenvalue weighted by Gasteiger charge is -2.12. The van der Waals surface area contributed by atoms with Crippen molar-refractivity contribution in [2.45, 2.75) is 17.7 Å². The van der Waals surface area contributed by atoms with E-state index in [1.54, 1.807) is 39.5 Å². The first-order valence-corrected chi connectivity index (χ1v) is 9.94. The van der Waals surface area contributed by atoms with E-state index in [0.29, 0.717) is 17.9 Å². The Kier molecular flexibility index (Phi) is 5.38. The number of fused-ring (bicyclic) bond motifs is 1. The van der Waals surface area contributed by atoms with Gasteiger partial charge in [-0.1, -0.05) is 6.07 Å². The van der Waals surface area contributed by atoms with Gasteiger partial charge in [-0.3, -0.25) is 4.79 Å². The zero-order chi connectivity index (χ0) is 19.6. The molecule has 1 N–H and O–H groups in total. The van der Waals surface area contributed by atoms with Crippen molar-refractivity contribution in [3.8, 4) is 11.5 Å². The second-order valence-electron chi connectivity index (χ2n) is 6.26. The zero-order valence-electron chi connectivity index (χ0n) is 15.5. The van der Waals surface area contributed by atoms with Gasteiger partial charge in [0.15, 0.2) is 11.5 Å². The molecule has 0 saturated carbocycles. The van der Waals surface area contributed by atoms with Gasteiger partial charge in [0.2, 0.25) is 15.9 Å². The molecular formula is C19H22N2O5S. The van der Waals surface area contributed by atoms with Crippen LogP contribution < -0.4 is 19.1 Å². The third kappa shape index (κ3) is 3.91. The Hall–Kier alpha value is -2.58. The number of nitrogens with one attached hydrogen (secondary N) is 1. The summed E-state index contributed by atoms with van der Waals surface area (Å²) in [6.07, 6.45) is 0.729. The van der Waals surface area contributed by atoms with Crippen LogP contribution in [0.5, 0.6) is 11.5 Å². The number of ether oxygens (including phenoxy) is 2. The highest BCUT2D eigenvalue weighted by Crippen LogP contribution is 2.30. The number of carbonyl (C=O) groups is 1. The topological polar surface area (TPSA) is 84.9 Å². The van der Waals surface area contributed by atoms with Crippen molar-refractivity contribution in [1.29, 1.82) is 0 Å². The molecule has 0 fully saturated rings. The van der Waals surface area contributed by atoms with Crippen molar-refractivity contribution in [3.63, 3.8) is 0 Å². The summed E-state index contributed by atoms with van der Waals surface area (Å²) in [5, 5.41) is 0. The molecule has 0 aromatic heterocycles. The van der Waals surface area contributed by atoms with Gasteiger partial charge in [-0.25, -0.2) is 13.1 Å². The van der Waals surface area contributed by atoms with Gasteiger partial charge in [-0.15, -0.1) is 0 Å². The van der Waals surface area contributed by atoms with Crippen molar-refractivity contribution in [1.82, 2.24) is 4.72 Å². The van der Waals surface area contributed by atoms with Gasteiger partial charge in [0, 0.05) is 19.3 Å². The molecule has 2 aromatic rings. The molecule has 0 radical (unpaired) electrons. The first kappa shape index (κ1) is 19.2. The van der Waals surface area contributed by atoms with Gasteiger partial charge in [-0.2, -0.15) is 0 Å². The van der Waals surface area contributed by atoms with Gasteiger partial charge in [0.1, 0.15) is 0 Å². The predicted molar refractivity (Wildman–Crippen MR) is 102 cm³/mol. The molecule has 2 aromatic carbocycles. The maximum atomic E-state index is 12.6. The number of methoxy groups -OCH3 is 2. The lowest BCUT2D eigenvalue weighted by molar-refractivity contribution is -0.117. The van der Waals surface area contributed by atoms with Gasteiger partial charge >= 0.3 is 0 Å². The number of hydrogen-bond acceptors (Lipinski definition) is 5. The zero-order valence-corrected chi connectivity index (χ0v) is 16.3. The standard InChI is InChI=1S/C19H22N2O5S/c1-21-16-6-5-15(11-14(16)12-19(21)22)27(23,24)20-9-8-13-4-7-17(25-2)18(10-13)26-3/h4-7,10-11,20H,8-9,12H2,1-3H3. The minimum absolute atomic E-state index is 0.0408. The summed E-state index contributed by atoms with van der Waals surface area (Å²) in [7, 11) is 1.15. The molecule has 8 heteroatoms. The monoisotopic (exact) mass is 390 g/mol. The normalized spacial score (nSPS) is 13.6. The number of hydrogen-bond donors (Lipinski definition) is 1. The van der Waals surface area contributed by atoms with E-state index in [0.717, 1.165) is 16.8 Å². The van der Waals surface area contributed by atoms with Crippen LogP contribution in [-0.4, -0.2) is 42.1 Å². The summed E-state index contributed by atoms with van der Waals surface area (Å²) < 4.78 is 38.2. The van der Waals surface area contributed by atoms with E-state index >= 15 is 0 Å². The van der Waals surface area contributed by atoms with Crippen molar-refractivity contribution >= 4 is 21.6 Å². The van der Waals surface area contributed by atoms with Gasteiger partial charge < -0.3 is 14.4 Å². The Morgan fingerprint density at radius 2 is 1.81 bits per heavy atom. The molecule has 1 aliphatic heterocycles. The van der Waals surface area contributed by atoms with Crippen molar-refractivity contribution in [2.75, 3.05) is 32.7 Å². The summed E-state index contributed by atoms with van der Waals surface area (Å²) in [6, 6.07) is 10.2. The third-order valence-corrected chi connectivity index (χ3v) is 6.05. The average molecular weight is 390 g/mol. The fourth-order valence-corrected chi connectivity index (χ4v) is 4.14. The van der Waals surface area contributed by atoms with Crippen LogP contribution >= 0.6 is 0 Å². The number of likely N-dealkylation sites (N-methyl/N-ethyl adjacent to an activating group) is 1. The van der Waals surface area contributed by atoms with Crippen LogP contribution in [0, 0.1) is 0 Å². The molecule has 7 nitrogen and oxygen atoms in total. The molecule has 144 valence electrons. The first-order valence-electron chi connectivity index (χ1n) is 8.46. The largest absolute Gasteiger partial charge is 0.493 e. The highest BCUT2D eigenvalue weighted by atomic mass is 32.2. The van der Waals surface area contributed by atoms with Crippen LogP contribution in [0.2, 0.25) is 0 Å². The van der Waals surface area contributed by atoms with Crippen LogP contribution in [0.3, 0.4) is 0 Å². The second-order valence-corrected chi connectivity index (χ2v) is 8.02. The molecule has 1 amide bonds. The van der Waals surface area contributed by atoms with Crippen molar-refractivity contribution < 1.29 is 22.7 Å². The Bertz CT molecular complexity index is 972. The summed E-state index contributed by atoms with van der Waals surface area (Å²) in [4.78, 5) is 13.5. The molecule has 27 heavy (non-hydrogen) atoms. The van der Waals surface area contributed by atoms with E-state index in [-0.39, 0.29) is 23.8 Å². The quantitative estimate of drug-likeness (QED) is 0.779. The minimum atomic E-state index is -3.65. The number of amides is 1. The van der Waals surface area contributed by atoms with E-state index in [9.17, 15) is 13.2 Å². The molecule has 0 aliphatic carbocycles. The van der Waals surface area contributed by atoms with Gasteiger partial charge in [-0.05, 0) is 47.9 Å². The fraction of sp³-hybridized carbons (Fsp3) is 0.316. The maximum Gasteiger partial charge on any atom is 0.240 e. The van der Waals surface area contributed by atoms with E-state index in [4.69, 9.17) is 9.47 Å². The molecule has 1 aliphatic rings. The fourth-order valence-electron chi connectivity index (χ4n) is 3.06. The average Bonchev–Trinajstić information content (AvgIpc) is 2.95. The minimum Gasteiger partial charge on any atom is -0.493 e. The van der Waals surface area contributed by atoms with Crippen molar-refractivity contribution in [2.24, 2.45) is 0 Å². The molecular weight excluding hydrogens is 368 g/mol. The molecule has 0 atom stereocenters. The van der Waals surface area contributed by atoms with Crippen LogP contribution in [0.4, 0.5) is 5.69 Å². The number of carbonyl (C=O) groups excluding carboxylic acids is 1. The first-order chi connectivity index (χ1) is 12.9. The number of sulfonamides is 1. The molecule has 1 heterocycles. The SMILES string of the molecule is COc1ccc(CCNS(=O)(=O)c2ccc3c(c2)CC(=O)N3C)cc1OC. The smallest absolute Gasteiger partial charge is 0.240 e. The summed E-state index contributed by atoms with van der Waals surface area (Å²) in [6.45, 7) is 0.244. The number of nitrogens with zero attached hydrogens (tertiary/aromatic N) is 1.